The van der Waals surface area contributed by atoms with Gasteiger partial charge in [0.1, 0.15) is 0 Å². The summed E-state index contributed by atoms with van der Waals surface area (Å²) >= 11 is 0. The van der Waals surface area contributed by atoms with Gasteiger partial charge in [-0.3, -0.25) is 9.59 Å². The lowest BCUT2D eigenvalue weighted by atomic mass is 9.89. The Morgan fingerprint density at radius 3 is 1.42 bits per heavy atom. The molecule has 2 aromatic carbocycles. The number of rotatable bonds is 4. The number of Topliss-reactive ketones (excluding diaryl/α,β-unsaturated/α-hetero) is 2. The molecule has 4 heteroatoms. The third-order valence-electron chi connectivity index (χ3n) is 3.70. The van der Waals surface area contributed by atoms with Gasteiger partial charge in [-0.25, -0.2) is 0 Å². The van der Waals surface area contributed by atoms with Crippen molar-refractivity contribution in [3.05, 3.63) is 59.0 Å². The van der Waals surface area contributed by atoms with E-state index in [1.165, 1.54) is 0 Å². The summed E-state index contributed by atoms with van der Waals surface area (Å²) in [6.45, 7) is 7.25. The van der Waals surface area contributed by atoms with Crippen molar-refractivity contribution < 1.29 is 19.1 Å². The lowest BCUT2D eigenvalue weighted by Gasteiger charge is -2.24. The predicted molar refractivity (Wildman–Crippen MR) is 92.1 cm³/mol. The van der Waals surface area contributed by atoms with Gasteiger partial charge >= 0.3 is 0 Å². The molecule has 0 saturated heterocycles. The van der Waals surface area contributed by atoms with Crippen LogP contribution in [0.15, 0.2) is 47.9 Å². The standard InChI is InChI=1S/C20H20O4/c1-11(2)23-19-17(21)15-9-13-7-5-6-8-14(13)10-16(15)18(22)20(19)24-12(3)4/h5-12H,1-4H3. The van der Waals surface area contributed by atoms with Crippen molar-refractivity contribution in [2.24, 2.45) is 0 Å². The quantitative estimate of drug-likeness (QED) is 0.842. The van der Waals surface area contributed by atoms with Crippen molar-refractivity contribution in [3.8, 4) is 0 Å². The van der Waals surface area contributed by atoms with Crippen molar-refractivity contribution in [2.45, 2.75) is 39.9 Å². The molecule has 2 aromatic rings. The first-order valence-electron chi connectivity index (χ1n) is 8.08. The number of allylic oxidation sites excluding steroid dienone is 2. The van der Waals surface area contributed by atoms with Crippen LogP contribution in [-0.2, 0) is 9.47 Å². The van der Waals surface area contributed by atoms with Gasteiger partial charge in [0.15, 0.2) is 0 Å². The molecule has 0 unspecified atom stereocenters. The fourth-order valence-electron chi connectivity index (χ4n) is 2.75. The summed E-state index contributed by atoms with van der Waals surface area (Å²) < 4.78 is 11.3. The SMILES string of the molecule is CC(C)OC1=C(OC(C)C)C(=O)c2cc3ccccc3cc2C1=O. The molecule has 0 atom stereocenters. The van der Waals surface area contributed by atoms with Crippen molar-refractivity contribution in [3.63, 3.8) is 0 Å². The Morgan fingerprint density at radius 1 is 0.708 bits per heavy atom. The average Bonchev–Trinajstić information content (AvgIpc) is 2.54. The first-order valence-corrected chi connectivity index (χ1v) is 8.08. The van der Waals surface area contributed by atoms with Crippen LogP contribution < -0.4 is 0 Å². The number of carbonyl (C=O) groups is 2. The summed E-state index contributed by atoms with van der Waals surface area (Å²) in [7, 11) is 0. The monoisotopic (exact) mass is 324 g/mol. The minimum atomic E-state index is -0.306. The molecule has 0 bridgehead atoms. The highest BCUT2D eigenvalue weighted by Gasteiger charge is 2.36. The molecule has 0 spiro atoms. The van der Waals surface area contributed by atoms with Crippen molar-refractivity contribution in [1.82, 2.24) is 0 Å². The van der Waals surface area contributed by atoms with Gasteiger partial charge in [0.25, 0.3) is 0 Å². The van der Waals surface area contributed by atoms with Gasteiger partial charge in [0.05, 0.1) is 12.2 Å². The van der Waals surface area contributed by atoms with Crippen molar-refractivity contribution in [1.29, 1.82) is 0 Å². The van der Waals surface area contributed by atoms with Crippen molar-refractivity contribution in [2.75, 3.05) is 0 Å². The minimum Gasteiger partial charge on any atom is -0.483 e. The van der Waals surface area contributed by atoms with Gasteiger partial charge in [-0.1, -0.05) is 24.3 Å². The van der Waals surface area contributed by atoms with Crippen LogP contribution in [0.1, 0.15) is 48.4 Å². The Labute approximate surface area is 141 Å². The van der Waals surface area contributed by atoms with E-state index < -0.39 is 0 Å². The number of benzene rings is 2. The molecule has 0 heterocycles. The summed E-state index contributed by atoms with van der Waals surface area (Å²) in [6.07, 6.45) is -0.464. The van der Waals surface area contributed by atoms with Crippen LogP contribution in [0.4, 0.5) is 0 Å². The zero-order valence-electron chi connectivity index (χ0n) is 14.3. The number of ether oxygens (including phenoxy) is 2. The first kappa shape index (κ1) is 16.2. The van der Waals surface area contributed by atoms with E-state index in [0.29, 0.717) is 11.1 Å². The molecule has 0 N–H and O–H groups in total. The zero-order valence-corrected chi connectivity index (χ0v) is 14.3. The highest BCUT2D eigenvalue weighted by Crippen LogP contribution is 2.32. The third-order valence-corrected chi connectivity index (χ3v) is 3.70. The third kappa shape index (κ3) is 2.80. The highest BCUT2D eigenvalue weighted by molar-refractivity contribution is 6.26. The molecular formula is C20H20O4. The molecular weight excluding hydrogens is 304 g/mol. The molecule has 0 radical (unpaired) electrons. The van der Waals surface area contributed by atoms with Crippen LogP contribution >= 0.6 is 0 Å². The summed E-state index contributed by atoms with van der Waals surface area (Å²) in [6, 6.07) is 11.1. The maximum atomic E-state index is 12.9. The Bertz CT molecular complexity index is 789. The average molecular weight is 324 g/mol. The fraction of sp³-hybridized carbons (Fsp3) is 0.300. The molecule has 3 rings (SSSR count). The van der Waals surface area contributed by atoms with Crippen LogP contribution in [0.2, 0.25) is 0 Å². The summed E-state index contributed by atoms with van der Waals surface area (Å²) in [5.74, 6) is -0.600. The molecule has 0 fully saturated rings. The molecule has 1 aliphatic rings. The van der Waals surface area contributed by atoms with E-state index in [1.54, 1.807) is 12.1 Å². The lowest BCUT2D eigenvalue weighted by molar-refractivity contribution is 0.0594. The second kappa shape index (κ2) is 6.11. The molecule has 0 aliphatic heterocycles. The van der Waals surface area contributed by atoms with E-state index in [-0.39, 0.29) is 35.3 Å². The number of ketones is 2. The molecule has 24 heavy (non-hydrogen) atoms. The Balaban J connectivity index is 2.20. The van der Waals surface area contributed by atoms with E-state index >= 15 is 0 Å². The smallest absolute Gasteiger partial charge is 0.232 e. The minimum absolute atomic E-state index is 0.00600. The van der Waals surface area contributed by atoms with Gasteiger partial charge in [-0.05, 0) is 50.6 Å². The van der Waals surface area contributed by atoms with Crippen LogP contribution in [0.25, 0.3) is 10.8 Å². The van der Waals surface area contributed by atoms with E-state index in [2.05, 4.69) is 0 Å². The van der Waals surface area contributed by atoms with Gasteiger partial charge in [-0.15, -0.1) is 0 Å². The normalized spacial score (nSPS) is 14.6. The van der Waals surface area contributed by atoms with Crippen molar-refractivity contribution >= 4 is 22.3 Å². The molecule has 4 nitrogen and oxygen atoms in total. The number of hydrogen-bond donors (Lipinski definition) is 0. The number of hydrogen-bond acceptors (Lipinski definition) is 4. The van der Waals surface area contributed by atoms with Crippen LogP contribution in [-0.4, -0.2) is 23.8 Å². The second-order valence-corrected chi connectivity index (χ2v) is 6.39. The zero-order chi connectivity index (χ0) is 17.4. The van der Waals surface area contributed by atoms with Gasteiger partial charge < -0.3 is 9.47 Å². The number of fused-ring (bicyclic) bond motifs is 2. The van der Waals surface area contributed by atoms with Gasteiger partial charge in [0.2, 0.25) is 23.1 Å². The molecule has 124 valence electrons. The Hall–Kier alpha value is -2.62. The molecule has 0 aromatic heterocycles. The van der Waals surface area contributed by atoms with Crippen LogP contribution in [0, 0.1) is 0 Å². The predicted octanol–water partition coefficient (Wildman–Crippen LogP) is 4.28. The highest BCUT2D eigenvalue weighted by atomic mass is 16.5. The maximum absolute atomic E-state index is 12.9. The topological polar surface area (TPSA) is 52.6 Å². The Kier molecular flexibility index (Phi) is 4.14. The van der Waals surface area contributed by atoms with E-state index in [9.17, 15) is 9.59 Å². The van der Waals surface area contributed by atoms with Crippen LogP contribution in [0.5, 0.6) is 0 Å². The lowest BCUT2D eigenvalue weighted by Crippen LogP contribution is -2.27. The van der Waals surface area contributed by atoms with E-state index in [0.717, 1.165) is 10.8 Å². The molecule has 1 aliphatic carbocycles. The second-order valence-electron chi connectivity index (χ2n) is 6.39. The van der Waals surface area contributed by atoms with E-state index in [4.69, 9.17) is 9.47 Å². The van der Waals surface area contributed by atoms with Crippen LogP contribution in [0.3, 0.4) is 0 Å². The fourth-order valence-corrected chi connectivity index (χ4v) is 2.75. The number of carbonyl (C=O) groups excluding carboxylic acids is 2. The molecule has 0 saturated carbocycles. The molecule has 0 amide bonds. The largest absolute Gasteiger partial charge is 0.483 e. The summed E-state index contributed by atoms with van der Waals surface area (Å²) in [5, 5.41) is 1.82. The van der Waals surface area contributed by atoms with E-state index in [1.807, 2.05) is 52.0 Å². The van der Waals surface area contributed by atoms with Gasteiger partial charge in [0, 0.05) is 11.1 Å². The van der Waals surface area contributed by atoms with Gasteiger partial charge in [-0.2, -0.15) is 0 Å². The summed E-state index contributed by atoms with van der Waals surface area (Å²) in [4.78, 5) is 25.8. The first-order chi connectivity index (χ1) is 11.4. The Morgan fingerprint density at radius 2 is 1.08 bits per heavy atom. The maximum Gasteiger partial charge on any atom is 0.232 e. The summed E-state index contributed by atoms with van der Waals surface area (Å²) in [5.41, 5.74) is 0.732.